The molecule has 2 N–H and O–H groups in total. The summed E-state index contributed by atoms with van der Waals surface area (Å²) in [6, 6.07) is 9.48. The van der Waals surface area contributed by atoms with Gasteiger partial charge >= 0.3 is 0 Å². The number of benzene rings is 1. The number of hydrogen-bond donors (Lipinski definition) is 2. The number of anilines is 1. The topological polar surface area (TPSA) is 84.2 Å². The van der Waals surface area contributed by atoms with Crippen LogP contribution in [0.3, 0.4) is 0 Å². The van der Waals surface area contributed by atoms with E-state index < -0.39 is 0 Å². The zero-order valence-electron chi connectivity index (χ0n) is 14.0. The normalized spacial score (nSPS) is 11.8. The molecular formula is C17H20BrN3O3S. The number of rotatable bonds is 8. The monoisotopic (exact) mass is 425 g/mol. The van der Waals surface area contributed by atoms with E-state index in [1.807, 2.05) is 31.2 Å². The number of amides is 2. The van der Waals surface area contributed by atoms with E-state index in [0.717, 1.165) is 16.5 Å². The average Bonchev–Trinajstić information content (AvgIpc) is 2.98. The van der Waals surface area contributed by atoms with Crippen molar-refractivity contribution < 1.29 is 14.1 Å². The first kappa shape index (κ1) is 19.5. The van der Waals surface area contributed by atoms with E-state index in [-0.39, 0.29) is 29.4 Å². The van der Waals surface area contributed by atoms with Crippen molar-refractivity contribution in [2.24, 2.45) is 0 Å². The summed E-state index contributed by atoms with van der Waals surface area (Å²) in [6.07, 6.45) is 0.796. The molecule has 2 aromatic rings. The molecule has 8 heteroatoms. The van der Waals surface area contributed by atoms with E-state index in [1.165, 1.54) is 11.8 Å². The number of nitrogens with one attached hydrogen (secondary N) is 2. The Bertz CT molecular complexity index is 718. The van der Waals surface area contributed by atoms with Crippen molar-refractivity contribution >= 4 is 45.3 Å². The number of carbonyl (C=O) groups is 2. The summed E-state index contributed by atoms with van der Waals surface area (Å²) in [4.78, 5) is 23.9. The van der Waals surface area contributed by atoms with Crippen LogP contribution in [0.5, 0.6) is 0 Å². The van der Waals surface area contributed by atoms with Crippen molar-refractivity contribution in [1.82, 2.24) is 10.5 Å². The summed E-state index contributed by atoms with van der Waals surface area (Å²) in [7, 11) is 0. The summed E-state index contributed by atoms with van der Waals surface area (Å²) >= 11 is 4.66. The molecule has 6 nitrogen and oxygen atoms in total. The molecule has 25 heavy (non-hydrogen) atoms. The molecule has 0 bridgehead atoms. The van der Waals surface area contributed by atoms with E-state index in [0.29, 0.717) is 11.6 Å². The van der Waals surface area contributed by atoms with Gasteiger partial charge in [0, 0.05) is 10.5 Å². The Labute approximate surface area is 159 Å². The Balaban J connectivity index is 1.73. The number of halogens is 1. The number of carbonyl (C=O) groups excluding carboxylic acids is 2. The lowest BCUT2D eigenvalue weighted by Gasteiger charge is -2.17. The van der Waals surface area contributed by atoms with Crippen LogP contribution < -0.4 is 10.6 Å². The highest BCUT2D eigenvalue weighted by atomic mass is 79.9. The van der Waals surface area contributed by atoms with Gasteiger partial charge in [-0.3, -0.25) is 9.59 Å². The van der Waals surface area contributed by atoms with Gasteiger partial charge in [-0.05, 0) is 31.0 Å². The molecule has 134 valence electrons. The third-order valence-corrected chi connectivity index (χ3v) is 4.84. The molecular weight excluding hydrogens is 406 g/mol. The first-order chi connectivity index (χ1) is 12.0. The summed E-state index contributed by atoms with van der Waals surface area (Å²) in [5.74, 6) is 1.10. The average molecular weight is 426 g/mol. The fourth-order valence-corrected chi connectivity index (χ4v) is 3.09. The Kier molecular flexibility index (Phi) is 7.52. The molecule has 0 radical (unpaired) electrons. The fraction of sp³-hybridized carbons (Fsp3) is 0.353. The quantitative estimate of drug-likeness (QED) is 0.673. The van der Waals surface area contributed by atoms with Crippen LogP contribution >= 0.6 is 27.7 Å². The highest BCUT2D eigenvalue weighted by Gasteiger charge is 2.13. The van der Waals surface area contributed by atoms with E-state index in [9.17, 15) is 9.59 Å². The lowest BCUT2D eigenvalue weighted by Crippen LogP contribution is -2.30. The van der Waals surface area contributed by atoms with Crippen LogP contribution in [0.1, 0.15) is 30.7 Å². The van der Waals surface area contributed by atoms with Crippen molar-refractivity contribution in [1.29, 1.82) is 0 Å². The summed E-state index contributed by atoms with van der Waals surface area (Å²) < 4.78 is 5.88. The van der Waals surface area contributed by atoms with Crippen LogP contribution in [0, 0.1) is 6.92 Å². The molecule has 1 unspecified atom stereocenters. The third kappa shape index (κ3) is 6.55. The second kappa shape index (κ2) is 9.62. The maximum atomic E-state index is 12.1. The van der Waals surface area contributed by atoms with Gasteiger partial charge in [0.15, 0.2) is 5.82 Å². The minimum Gasteiger partial charge on any atom is -0.360 e. The Morgan fingerprint density at radius 1 is 1.24 bits per heavy atom. The predicted octanol–water partition coefficient (Wildman–Crippen LogP) is 3.68. The van der Waals surface area contributed by atoms with Crippen LogP contribution in [0.4, 0.5) is 5.82 Å². The Morgan fingerprint density at radius 2 is 1.92 bits per heavy atom. The van der Waals surface area contributed by atoms with Gasteiger partial charge in [-0.1, -0.05) is 40.1 Å². The minimum atomic E-state index is -0.217. The van der Waals surface area contributed by atoms with E-state index in [2.05, 4.69) is 31.7 Å². The predicted molar refractivity (Wildman–Crippen MR) is 103 cm³/mol. The second-order valence-corrected chi connectivity index (χ2v) is 7.34. The Morgan fingerprint density at radius 3 is 2.52 bits per heavy atom. The van der Waals surface area contributed by atoms with Crippen LogP contribution in [-0.4, -0.2) is 28.5 Å². The van der Waals surface area contributed by atoms with Gasteiger partial charge in [0.25, 0.3) is 0 Å². The van der Waals surface area contributed by atoms with Crippen molar-refractivity contribution in [3.63, 3.8) is 0 Å². The summed E-state index contributed by atoms with van der Waals surface area (Å²) in [5.41, 5.74) is 1.06. The van der Waals surface area contributed by atoms with Gasteiger partial charge in [0.2, 0.25) is 11.8 Å². The van der Waals surface area contributed by atoms with Gasteiger partial charge in [0.1, 0.15) is 5.76 Å². The number of aryl methyl sites for hydroxylation is 1. The molecule has 0 spiro atoms. The lowest BCUT2D eigenvalue weighted by atomic mass is 10.0. The van der Waals surface area contributed by atoms with Gasteiger partial charge in [-0.2, -0.15) is 0 Å². The molecule has 1 aromatic carbocycles. The first-order valence-electron chi connectivity index (χ1n) is 7.83. The highest BCUT2D eigenvalue weighted by molar-refractivity contribution is 9.10. The summed E-state index contributed by atoms with van der Waals surface area (Å²) in [6.45, 7) is 3.77. The first-order valence-corrected chi connectivity index (χ1v) is 9.78. The number of aromatic nitrogens is 1. The van der Waals surface area contributed by atoms with E-state index in [1.54, 1.807) is 13.0 Å². The van der Waals surface area contributed by atoms with Crippen LogP contribution in [0.15, 0.2) is 39.3 Å². The van der Waals surface area contributed by atoms with Crippen molar-refractivity contribution in [2.45, 2.75) is 26.3 Å². The largest absolute Gasteiger partial charge is 0.360 e. The van der Waals surface area contributed by atoms with Crippen LogP contribution in [0.25, 0.3) is 0 Å². The Hall–Kier alpha value is -1.80. The standard InChI is InChI=1S/C17H20BrN3O3S/c1-3-14(12-4-6-13(18)7-5-12)19-16(22)9-25-10-17(23)20-15-8-11(2)24-21-15/h4-8,14H,3,9-10H2,1-2H3,(H,19,22)(H,20,21,23). The molecule has 0 aliphatic carbocycles. The third-order valence-electron chi connectivity index (χ3n) is 3.38. The van der Waals surface area contributed by atoms with Gasteiger partial charge in [0.05, 0.1) is 17.5 Å². The number of thioether (sulfide) groups is 1. The minimum absolute atomic E-state index is 0.0341. The molecule has 1 heterocycles. The summed E-state index contributed by atoms with van der Waals surface area (Å²) in [5, 5.41) is 9.30. The van der Waals surface area contributed by atoms with Crippen molar-refractivity contribution in [2.75, 3.05) is 16.8 Å². The van der Waals surface area contributed by atoms with Crippen molar-refractivity contribution in [3.8, 4) is 0 Å². The second-order valence-electron chi connectivity index (χ2n) is 5.44. The molecule has 1 aromatic heterocycles. The van der Waals surface area contributed by atoms with Crippen LogP contribution in [-0.2, 0) is 9.59 Å². The fourth-order valence-electron chi connectivity index (χ4n) is 2.19. The number of nitrogens with zero attached hydrogens (tertiary/aromatic N) is 1. The van der Waals surface area contributed by atoms with Gasteiger partial charge in [-0.25, -0.2) is 0 Å². The smallest absolute Gasteiger partial charge is 0.235 e. The molecule has 0 saturated carbocycles. The van der Waals surface area contributed by atoms with Crippen LogP contribution in [0.2, 0.25) is 0 Å². The zero-order chi connectivity index (χ0) is 18.2. The molecule has 2 amide bonds. The number of hydrogen-bond acceptors (Lipinski definition) is 5. The van der Waals surface area contributed by atoms with Crippen molar-refractivity contribution in [3.05, 3.63) is 46.1 Å². The highest BCUT2D eigenvalue weighted by Crippen LogP contribution is 2.19. The van der Waals surface area contributed by atoms with E-state index >= 15 is 0 Å². The molecule has 1 atom stereocenters. The molecule has 2 rings (SSSR count). The molecule has 0 saturated heterocycles. The van der Waals surface area contributed by atoms with Gasteiger partial charge in [-0.15, -0.1) is 11.8 Å². The SMILES string of the molecule is CCC(NC(=O)CSCC(=O)Nc1cc(C)on1)c1ccc(Br)cc1. The zero-order valence-corrected chi connectivity index (χ0v) is 16.4. The van der Waals surface area contributed by atoms with Gasteiger partial charge < -0.3 is 15.2 Å². The lowest BCUT2D eigenvalue weighted by molar-refractivity contribution is -0.119. The molecule has 0 fully saturated rings. The maximum absolute atomic E-state index is 12.1. The van der Waals surface area contributed by atoms with E-state index in [4.69, 9.17) is 4.52 Å². The maximum Gasteiger partial charge on any atom is 0.235 e. The molecule has 0 aliphatic rings. The molecule has 0 aliphatic heterocycles.